The summed E-state index contributed by atoms with van der Waals surface area (Å²) >= 11 is 1.75. The summed E-state index contributed by atoms with van der Waals surface area (Å²) in [7, 11) is 0. The normalized spacial score (nSPS) is 14.4. The molecule has 0 spiro atoms. The van der Waals surface area contributed by atoms with E-state index in [2.05, 4.69) is 36.1 Å². The predicted molar refractivity (Wildman–Crippen MR) is 107 cm³/mol. The molecule has 0 saturated heterocycles. The lowest BCUT2D eigenvalue weighted by molar-refractivity contribution is 0.667. The first-order valence-electron chi connectivity index (χ1n) is 9.53. The third-order valence-corrected chi connectivity index (χ3v) is 6.20. The van der Waals surface area contributed by atoms with E-state index >= 15 is 0 Å². The van der Waals surface area contributed by atoms with Crippen LogP contribution in [-0.4, -0.2) is 21.5 Å². The predicted octanol–water partition coefficient (Wildman–Crippen LogP) is 5.45. The number of nitrogens with zero attached hydrogens (tertiary/aromatic N) is 3. The summed E-state index contributed by atoms with van der Waals surface area (Å²) in [6.07, 6.45) is 8.91. The first-order valence-corrected chi connectivity index (χ1v) is 10.3. The van der Waals surface area contributed by atoms with Crippen molar-refractivity contribution in [2.75, 3.05) is 11.9 Å². The topological polar surface area (TPSA) is 50.7 Å². The molecule has 0 amide bonds. The van der Waals surface area contributed by atoms with Gasteiger partial charge in [0.1, 0.15) is 17.0 Å². The molecule has 5 heteroatoms. The van der Waals surface area contributed by atoms with Gasteiger partial charge in [-0.2, -0.15) is 0 Å². The van der Waals surface area contributed by atoms with Crippen LogP contribution in [0.15, 0.2) is 6.33 Å². The minimum atomic E-state index is 0.467. The summed E-state index contributed by atoms with van der Waals surface area (Å²) in [6.45, 7) is 7.68. The number of anilines is 1. The second kappa shape index (κ2) is 6.87. The molecule has 0 radical (unpaired) electrons. The van der Waals surface area contributed by atoms with Crippen molar-refractivity contribution in [3.63, 3.8) is 0 Å². The Kier molecular flexibility index (Phi) is 4.59. The molecule has 0 saturated carbocycles. The fraction of sp³-hybridized carbons (Fsp3) is 0.550. The van der Waals surface area contributed by atoms with Gasteiger partial charge < -0.3 is 5.32 Å². The average molecular weight is 355 g/mol. The number of unbranched alkanes of at least 4 members (excludes halogenated alkanes) is 1. The molecule has 25 heavy (non-hydrogen) atoms. The number of rotatable bonds is 5. The quantitative estimate of drug-likeness (QED) is 0.619. The van der Waals surface area contributed by atoms with Crippen molar-refractivity contribution < 1.29 is 0 Å². The molecule has 0 aromatic carbocycles. The first kappa shape index (κ1) is 16.7. The maximum atomic E-state index is 5.09. The van der Waals surface area contributed by atoms with E-state index in [9.17, 15) is 0 Å². The number of hydrogen-bond donors (Lipinski definition) is 1. The molecule has 0 unspecified atom stereocenters. The SMILES string of the molecule is CCCCNc1ncnc2c1sc1nc(C(C)C)c3c(c12)CCCC3. The zero-order chi connectivity index (χ0) is 17.4. The molecule has 1 aliphatic carbocycles. The van der Waals surface area contributed by atoms with Crippen LogP contribution in [0.3, 0.4) is 0 Å². The van der Waals surface area contributed by atoms with E-state index in [0.29, 0.717) is 5.92 Å². The molecule has 4 rings (SSSR count). The Labute approximate surface area is 153 Å². The monoisotopic (exact) mass is 354 g/mol. The van der Waals surface area contributed by atoms with Crippen LogP contribution < -0.4 is 5.32 Å². The molecule has 3 aromatic rings. The fourth-order valence-electron chi connectivity index (χ4n) is 3.88. The zero-order valence-electron chi connectivity index (χ0n) is 15.4. The molecule has 0 bridgehead atoms. The summed E-state index contributed by atoms with van der Waals surface area (Å²) < 4.78 is 1.16. The number of aryl methyl sites for hydroxylation is 1. The molecule has 0 aliphatic heterocycles. The minimum Gasteiger partial charge on any atom is -0.369 e. The molecule has 0 atom stereocenters. The minimum absolute atomic E-state index is 0.467. The lowest BCUT2D eigenvalue weighted by Crippen LogP contribution is -2.10. The Bertz CT molecular complexity index is 913. The third kappa shape index (κ3) is 2.88. The maximum Gasteiger partial charge on any atom is 0.147 e. The van der Waals surface area contributed by atoms with Gasteiger partial charge in [-0.25, -0.2) is 15.0 Å². The molecular weight excluding hydrogens is 328 g/mol. The van der Waals surface area contributed by atoms with E-state index in [1.807, 2.05) is 0 Å². The lowest BCUT2D eigenvalue weighted by atomic mass is 9.86. The van der Waals surface area contributed by atoms with Crippen molar-refractivity contribution in [2.45, 2.75) is 65.2 Å². The Morgan fingerprint density at radius 3 is 2.72 bits per heavy atom. The van der Waals surface area contributed by atoms with Crippen molar-refractivity contribution in [1.82, 2.24) is 15.0 Å². The first-order chi connectivity index (χ1) is 12.2. The van der Waals surface area contributed by atoms with Gasteiger partial charge >= 0.3 is 0 Å². The molecule has 3 heterocycles. The smallest absolute Gasteiger partial charge is 0.147 e. The highest BCUT2D eigenvalue weighted by molar-refractivity contribution is 7.26. The number of hydrogen-bond acceptors (Lipinski definition) is 5. The second-order valence-electron chi connectivity index (χ2n) is 7.28. The highest BCUT2D eigenvalue weighted by atomic mass is 32.1. The summed E-state index contributed by atoms with van der Waals surface area (Å²) in [5.74, 6) is 1.44. The average Bonchev–Trinajstić information content (AvgIpc) is 3.01. The van der Waals surface area contributed by atoms with Gasteiger partial charge in [-0.15, -0.1) is 11.3 Å². The summed E-state index contributed by atoms with van der Waals surface area (Å²) in [5, 5.41) is 4.79. The number of aromatic nitrogens is 3. The van der Waals surface area contributed by atoms with Crippen LogP contribution in [0, 0.1) is 0 Å². The molecule has 0 fully saturated rings. The molecule has 3 aromatic heterocycles. The van der Waals surface area contributed by atoms with Crippen LogP contribution in [-0.2, 0) is 12.8 Å². The van der Waals surface area contributed by atoms with Crippen molar-refractivity contribution in [3.05, 3.63) is 23.1 Å². The van der Waals surface area contributed by atoms with Crippen LogP contribution in [0.25, 0.3) is 20.4 Å². The fourth-order valence-corrected chi connectivity index (χ4v) is 5.01. The number of nitrogens with one attached hydrogen (secondary N) is 1. The van der Waals surface area contributed by atoms with E-state index < -0.39 is 0 Å². The number of pyridine rings is 1. The zero-order valence-corrected chi connectivity index (χ0v) is 16.2. The lowest BCUT2D eigenvalue weighted by Gasteiger charge is -2.21. The van der Waals surface area contributed by atoms with Crippen molar-refractivity contribution in [1.29, 1.82) is 0 Å². The Morgan fingerprint density at radius 2 is 1.96 bits per heavy atom. The van der Waals surface area contributed by atoms with E-state index in [1.54, 1.807) is 17.7 Å². The van der Waals surface area contributed by atoms with E-state index in [-0.39, 0.29) is 0 Å². The van der Waals surface area contributed by atoms with Crippen molar-refractivity contribution in [3.8, 4) is 0 Å². The maximum absolute atomic E-state index is 5.09. The van der Waals surface area contributed by atoms with Gasteiger partial charge in [0.25, 0.3) is 0 Å². The second-order valence-corrected chi connectivity index (χ2v) is 8.28. The van der Waals surface area contributed by atoms with E-state index in [1.165, 1.54) is 41.5 Å². The molecule has 1 N–H and O–H groups in total. The van der Waals surface area contributed by atoms with Crippen LogP contribution in [0.1, 0.15) is 69.2 Å². The van der Waals surface area contributed by atoms with Crippen LogP contribution in [0.5, 0.6) is 0 Å². The highest BCUT2D eigenvalue weighted by Crippen LogP contribution is 2.41. The van der Waals surface area contributed by atoms with E-state index in [4.69, 9.17) is 4.98 Å². The summed E-state index contributed by atoms with van der Waals surface area (Å²) in [4.78, 5) is 15.4. The Hall–Kier alpha value is -1.75. The molecule has 132 valence electrons. The third-order valence-electron chi connectivity index (χ3n) is 5.12. The van der Waals surface area contributed by atoms with Crippen LogP contribution in [0.4, 0.5) is 5.82 Å². The standard InChI is InChI=1S/C20H26N4S/c1-4-5-10-21-19-18-17(22-11-23-19)15-13-8-6-7-9-14(13)16(12(2)3)24-20(15)25-18/h11-12H,4-10H2,1-3H3,(H,21,22,23). The van der Waals surface area contributed by atoms with Crippen molar-refractivity contribution in [2.24, 2.45) is 0 Å². The van der Waals surface area contributed by atoms with Gasteiger partial charge in [0.2, 0.25) is 0 Å². The van der Waals surface area contributed by atoms with Gasteiger partial charge in [-0.05, 0) is 49.1 Å². The van der Waals surface area contributed by atoms with Gasteiger partial charge in [0.05, 0.1) is 10.2 Å². The Morgan fingerprint density at radius 1 is 1.16 bits per heavy atom. The van der Waals surface area contributed by atoms with E-state index in [0.717, 1.165) is 46.7 Å². The van der Waals surface area contributed by atoms with Crippen LogP contribution in [0.2, 0.25) is 0 Å². The Balaban J connectivity index is 1.94. The molecule has 4 nitrogen and oxygen atoms in total. The van der Waals surface area contributed by atoms with Crippen LogP contribution >= 0.6 is 11.3 Å². The van der Waals surface area contributed by atoms with Gasteiger partial charge in [-0.1, -0.05) is 27.2 Å². The number of fused-ring (bicyclic) bond motifs is 5. The number of thiophene rings is 1. The molecular formula is C20H26N4S. The van der Waals surface area contributed by atoms with Gasteiger partial charge in [0.15, 0.2) is 0 Å². The van der Waals surface area contributed by atoms with Gasteiger partial charge in [0, 0.05) is 17.6 Å². The molecule has 1 aliphatic rings. The summed E-state index contributed by atoms with van der Waals surface area (Å²) in [5.41, 5.74) is 5.38. The van der Waals surface area contributed by atoms with Crippen molar-refractivity contribution >= 4 is 37.6 Å². The largest absolute Gasteiger partial charge is 0.369 e. The highest BCUT2D eigenvalue weighted by Gasteiger charge is 2.24. The summed E-state index contributed by atoms with van der Waals surface area (Å²) in [6, 6.07) is 0. The van der Waals surface area contributed by atoms with Gasteiger partial charge in [-0.3, -0.25) is 0 Å².